The predicted octanol–water partition coefficient (Wildman–Crippen LogP) is 1.87. The largest absolute Gasteiger partial charge is 0.494 e. The van der Waals surface area contributed by atoms with Crippen LogP contribution in [0.3, 0.4) is 0 Å². The Hall–Kier alpha value is -1.62. The van der Waals surface area contributed by atoms with Gasteiger partial charge < -0.3 is 15.2 Å². The molecule has 1 saturated carbocycles. The van der Waals surface area contributed by atoms with Crippen LogP contribution in [0.4, 0.5) is 4.39 Å². The summed E-state index contributed by atoms with van der Waals surface area (Å²) in [5, 5.41) is 12.6. The van der Waals surface area contributed by atoms with E-state index in [1.54, 1.807) is 0 Å². The summed E-state index contributed by atoms with van der Waals surface area (Å²) in [4.78, 5) is 12.0. The molecule has 0 bridgehead atoms. The van der Waals surface area contributed by atoms with Crippen molar-refractivity contribution in [3.63, 3.8) is 0 Å². The molecule has 4 nitrogen and oxygen atoms in total. The fourth-order valence-electron chi connectivity index (χ4n) is 2.33. The maximum absolute atomic E-state index is 13.3. The number of aliphatic hydroxyl groups excluding tert-OH is 1. The molecule has 2 N–H and O–H groups in total. The van der Waals surface area contributed by atoms with Crippen LogP contribution < -0.4 is 10.1 Å². The fraction of sp³-hybridized carbons (Fsp3) is 0.500. The number of carbonyl (C=O) groups is 1. The first-order valence-electron chi connectivity index (χ1n) is 6.44. The SMILES string of the molecule is COc1cc(C(=O)N[C@@H]2CCCC[C@H]2O)ccc1F. The van der Waals surface area contributed by atoms with Gasteiger partial charge in [0.15, 0.2) is 11.6 Å². The Morgan fingerprint density at radius 2 is 2.16 bits per heavy atom. The van der Waals surface area contributed by atoms with E-state index < -0.39 is 11.9 Å². The van der Waals surface area contributed by atoms with Crippen LogP contribution in [0.15, 0.2) is 18.2 Å². The van der Waals surface area contributed by atoms with Crippen molar-refractivity contribution in [2.24, 2.45) is 0 Å². The molecule has 0 aliphatic heterocycles. The lowest BCUT2D eigenvalue weighted by molar-refractivity contribution is 0.0717. The second-order valence-corrected chi connectivity index (χ2v) is 4.78. The Morgan fingerprint density at radius 1 is 1.42 bits per heavy atom. The van der Waals surface area contributed by atoms with Gasteiger partial charge in [-0.25, -0.2) is 4.39 Å². The molecule has 19 heavy (non-hydrogen) atoms. The van der Waals surface area contributed by atoms with Crippen molar-refractivity contribution in [2.45, 2.75) is 37.8 Å². The van der Waals surface area contributed by atoms with Crippen molar-refractivity contribution in [1.82, 2.24) is 5.32 Å². The number of hydrogen-bond acceptors (Lipinski definition) is 3. The molecule has 0 radical (unpaired) electrons. The minimum Gasteiger partial charge on any atom is -0.494 e. The molecule has 5 heteroatoms. The Kier molecular flexibility index (Phi) is 4.37. The number of benzene rings is 1. The number of aliphatic hydroxyl groups is 1. The zero-order valence-electron chi connectivity index (χ0n) is 10.9. The summed E-state index contributed by atoms with van der Waals surface area (Å²) in [6, 6.07) is 3.74. The van der Waals surface area contributed by atoms with E-state index in [0.717, 1.165) is 19.3 Å². The van der Waals surface area contributed by atoms with Crippen LogP contribution in [0.5, 0.6) is 5.75 Å². The van der Waals surface area contributed by atoms with E-state index in [-0.39, 0.29) is 17.7 Å². The van der Waals surface area contributed by atoms with Crippen molar-refractivity contribution in [3.05, 3.63) is 29.6 Å². The minimum atomic E-state index is -0.503. The molecule has 2 atom stereocenters. The average Bonchev–Trinajstić information content (AvgIpc) is 2.42. The van der Waals surface area contributed by atoms with E-state index in [4.69, 9.17) is 4.74 Å². The van der Waals surface area contributed by atoms with Gasteiger partial charge in [-0.2, -0.15) is 0 Å². The van der Waals surface area contributed by atoms with E-state index in [9.17, 15) is 14.3 Å². The van der Waals surface area contributed by atoms with Gasteiger partial charge in [0.25, 0.3) is 5.91 Å². The molecule has 1 aromatic rings. The third-order valence-electron chi connectivity index (χ3n) is 3.46. The van der Waals surface area contributed by atoms with Gasteiger partial charge in [0.1, 0.15) is 0 Å². The fourth-order valence-corrected chi connectivity index (χ4v) is 2.33. The minimum absolute atomic E-state index is 0.0387. The molecule has 1 aromatic carbocycles. The van der Waals surface area contributed by atoms with Crippen LogP contribution in [0.2, 0.25) is 0 Å². The molecule has 104 valence electrons. The van der Waals surface area contributed by atoms with Crippen LogP contribution in [0, 0.1) is 5.82 Å². The Labute approximate surface area is 111 Å². The summed E-state index contributed by atoms with van der Waals surface area (Å²) >= 11 is 0. The lowest BCUT2D eigenvalue weighted by Crippen LogP contribution is -2.45. The average molecular weight is 267 g/mol. The van der Waals surface area contributed by atoms with Crippen LogP contribution in [0.1, 0.15) is 36.0 Å². The first-order chi connectivity index (χ1) is 9.11. The number of amides is 1. The van der Waals surface area contributed by atoms with E-state index in [1.165, 1.54) is 25.3 Å². The van der Waals surface area contributed by atoms with Crippen molar-refractivity contribution in [2.75, 3.05) is 7.11 Å². The van der Waals surface area contributed by atoms with E-state index in [2.05, 4.69) is 5.32 Å². The number of halogens is 1. The molecular weight excluding hydrogens is 249 g/mol. The van der Waals surface area contributed by atoms with Crippen molar-refractivity contribution < 1.29 is 19.0 Å². The predicted molar refractivity (Wildman–Crippen MR) is 68.7 cm³/mol. The van der Waals surface area contributed by atoms with Crippen LogP contribution in [-0.2, 0) is 0 Å². The molecule has 0 saturated heterocycles. The second kappa shape index (κ2) is 6.02. The Morgan fingerprint density at radius 3 is 2.84 bits per heavy atom. The summed E-state index contributed by atoms with van der Waals surface area (Å²) in [6.45, 7) is 0. The number of carbonyl (C=O) groups excluding carboxylic acids is 1. The lowest BCUT2D eigenvalue weighted by Gasteiger charge is -2.28. The Balaban J connectivity index is 2.07. The lowest BCUT2D eigenvalue weighted by atomic mass is 9.92. The van der Waals surface area contributed by atoms with Gasteiger partial charge in [-0.15, -0.1) is 0 Å². The van der Waals surface area contributed by atoms with E-state index in [1.807, 2.05) is 0 Å². The zero-order valence-corrected chi connectivity index (χ0v) is 10.9. The first-order valence-corrected chi connectivity index (χ1v) is 6.44. The van der Waals surface area contributed by atoms with E-state index in [0.29, 0.717) is 12.0 Å². The number of hydrogen-bond donors (Lipinski definition) is 2. The number of nitrogens with one attached hydrogen (secondary N) is 1. The molecular formula is C14H18FNO3. The summed E-state index contributed by atoms with van der Waals surface area (Å²) < 4.78 is 18.1. The van der Waals surface area contributed by atoms with Crippen LogP contribution >= 0.6 is 0 Å². The van der Waals surface area contributed by atoms with Crippen molar-refractivity contribution >= 4 is 5.91 Å². The van der Waals surface area contributed by atoms with Crippen molar-refractivity contribution in [1.29, 1.82) is 0 Å². The van der Waals surface area contributed by atoms with Crippen LogP contribution in [-0.4, -0.2) is 30.3 Å². The molecule has 0 heterocycles. The molecule has 1 aliphatic carbocycles. The highest BCUT2D eigenvalue weighted by molar-refractivity contribution is 5.94. The number of ether oxygens (including phenoxy) is 1. The molecule has 1 fully saturated rings. The third-order valence-corrected chi connectivity index (χ3v) is 3.46. The highest BCUT2D eigenvalue weighted by atomic mass is 19.1. The van der Waals surface area contributed by atoms with Crippen LogP contribution in [0.25, 0.3) is 0 Å². The molecule has 0 aromatic heterocycles. The van der Waals surface area contributed by atoms with Crippen molar-refractivity contribution in [3.8, 4) is 5.75 Å². The summed E-state index contributed by atoms with van der Waals surface area (Å²) in [5.41, 5.74) is 0.330. The molecule has 2 rings (SSSR count). The number of methoxy groups -OCH3 is 1. The maximum Gasteiger partial charge on any atom is 0.251 e. The molecule has 0 spiro atoms. The zero-order chi connectivity index (χ0) is 13.8. The summed E-state index contributed by atoms with van der Waals surface area (Å²) in [6.07, 6.45) is 2.95. The summed E-state index contributed by atoms with van der Waals surface area (Å²) in [5.74, 6) is -0.780. The smallest absolute Gasteiger partial charge is 0.251 e. The quantitative estimate of drug-likeness (QED) is 0.879. The molecule has 0 unspecified atom stereocenters. The van der Waals surface area contributed by atoms with Gasteiger partial charge in [-0.3, -0.25) is 4.79 Å². The number of rotatable bonds is 3. The molecule has 1 aliphatic rings. The third kappa shape index (κ3) is 3.23. The Bertz CT molecular complexity index is 464. The van der Waals surface area contributed by atoms with Gasteiger partial charge in [-0.1, -0.05) is 12.8 Å². The van der Waals surface area contributed by atoms with Gasteiger partial charge in [0.2, 0.25) is 0 Å². The maximum atomic E-state index is 13.3. The second-order valence-electron chi connectivity index (χ2n) is 4.78. The first kappa shape index (κ1) is 13.8. The normalized spacial score (nSPS) is 22.9. The highest BCUT2D eigenvalue weighted by Gasteiger charge is 2.25. The molecule has 1 amide bonds. The van der Waals surface area contributed by atoms with E-state index >= 15 is 0 Å². The highest BCUT2D eigenvalue weighted by Crippen LogP contribution is 2.21. The topological polar surface area (TPSA) is 58.6 Å². The summed E-state index contributed by atoms with van der Waals surface area (Å²) in [7, 11) is 1.35. The van der Waals surface area contributed by atoms with Gasteiger partial charge >= 0.3 is 0 Å². The van der Waals surface area contributed by atoms with Gasteiger partial charge in [0, 0.05) is 5.56 Å². The monoisotopic (exact) mass is 267 g/mol. The van der Waals surface area contributed by atoms with Gasteiger partial charge in [-0.05, 0) is 31.0 Å². The standard InChI is InChI=1S/C14H18FNO3/c1-19-13-8-9(6-7-10(13)15)14(18)16-11-4-2-3-5-12(11)17/h6-8,11-12,17H,2-5H2,1H3,(H,16,18)/t11-,12-/m1/s1. The van der Waals surface area contributed by atoms with Gasteiger partial charge in [0.05, 0.1) is 19.3 Å².